The lowest BCUT2D eigenvalue weighted by molar-refractivity contribution is 0.570. The predicted molar refractivity (Wildman–Crippen MR) is 56.5 cm³/mol. The third-order valence-electron chi connectivity index (χ3n) is 1.84. The fourth-order valence-electron chi connectivity index (χ4n) is 1.10. The van der Waals surface area contributed by atoms with Gasteiger partial charge in [0, 0.05) is 24.3 Å². The van der Waals surface area contributed by atoms with Crippen LogP contribution in [0.2, 0.25) is 0 Å². The zero-order valence-electron chi connectivity index (χ0n) is 7.61. The van der Waals surface area contributed by atoms with Gasteiger partial charge >= 0.3 is 0 Å². The summed E-state index contributed by atoms with van der Waals surface area (Å²) in [5.41, 5.74) is 5.33. The van der Waals surface area contributed by atoms with E-state index >= 15 is 0 Å². The lowest BCUT2D eigenvalue weighted by atomic mass is 10.2. The monoisotopic (exact) mass is 200 g/mol. The summed E-state index contributed by atoms with van der Waals surface area (Å²) in [5.74, 6) is 0. The summed E-state index contributed by atoms with van der Waals surface area (Å²) in [5, 5.41) is 0.128. The summed E-state index contributed by atoms with van der Waals surface area (Å²) in [7, 11) is 0. The molecule has 0 amide bonds. The van der Waals surface area contributed by atoms with Crippen molar-refractivity contribution in [3.8, 4) is 0 Å². The van der Waals surface area contributed by atoms with Crippen LogP contribution in [0.1, 0.15) is 12.8 Å². The van der Waals surface area contributed by atoms with Crippen molar-refractivity contribution in [3.63, 3.8) is 0 Å². The summed E-state index contributed by atoms with van der Waals surface area (Å²) in [6.07, 6.45) is 9.67. The number of hydrogen-bond donors (Lipinski definition) is 2. The molecule has 0 aliphatic heterocycles. The largest absolute Gasteiger partial charge is 0.598 e. The topological polar surface area (TPSA) is 61.1 Å². The molecule has 74 valence electrons. The Hall–Kier alpha value is -0.290. The summed E-state index contributed by atoms with van der Waals surface area (Å²) < 4.78 is 14.5. The standard InChI is InChI=1S/C9H16N2OS/c10-7-4-8-11-13(12)9-5-2-1-3-6-9/h1-3,5,9,11H,4,6-8,10H2. The number of rotatable bonds is 5. The summed E-state index contributed by atoms with van der Waals surface area (Å²) in [6.45, 7) is 1.38. The maximum Gasteiger partial charge on any atom is 0.157 e. The van der Waals surface area contributed by atoms with E-state index in [0.29, 0.717) is 6.54 Å². The van der Waals surface area contributed by atoms with Crippen LogP contribution in [0.15, 0.2) is 24.3 Å². The van der Waals surface area contributed by atoms with E-state index < -0.39 is 11.4 Å². The molecule has 0 radical (unpaired) electrons. The third-order valence-corrected chi connectivity index (χ3v) is 3.23. The summed E-state index contributed by atoms with van der Waals surface area (Å²) in [4.78, 5) is 0. The molecule has 1 aliphatic rings. The number of hydrogen-bond acceptors (Lipinski definition) is 3. The lowest BCUT2D eigenvalue weighted by Crippen LogP contribution is -2.34. The van der Waals surface area contributed by atoms with Gasteiger partial charge in [-0.2, -0.15) is 0 Å². The van der Waals surface area contributed by atoms with Gasteiger partial charge in [0.15, 0.2) is 5.25 Å². The minimum Gasteiger partial charge on any atom is -0.598 e. The van der Waals surface area contributed by atoms with Crippen molar-refractivity contribution in [2.24, 2.45) is 5.73 Å². The number of nitrogens with one attached hydrogen (secondary N) is 1. The second-order valence-electron chi connectivity index (χ2n) is 2.92. The van der Waals surface area contributed by atoms with Crippen molar-refractivity contribution in [3.05, 3.63) is 24.3 Å². The fraction of sp³-hybridized carbons (Fsp3) is 0.556. The van der Waals surface area contributed by atoms with Crippen LogP contribution >= 0.6 is 0 Å². The van der Waals surface area contributed by atoms with Crippen LogP contribution in [0.3, 0.4) is 0 Å². The zero-order chi connectivity index (χ0) is 9.52. The smallest absolute Gasteiger partial charge is 0.157 e. The molecule has 0 spiro atoms. The van der Waals surface area contributed by atoms with E-state index in [2.05, 4.69) is 4.72 Å². The van der Waals surface area contributed by atoms with E-state index in [1.165, 1.54) is 0 Å². The van der Waals surface area contributed by atoms with E-state index in [-0.39, 0.29) is 5.25 Å². The van der Waals surface area contributed by atoms with Gasteiger partial charge in [0.2, 0.25) is 0 Å². The summed E-state index contributed by atoms with van der Waals surface area (Å²) >= 11 is -0.952. The van der Waals surface area contributed by atoms with Crippen molar-refractivity contribution in [2.75, 3.05) is 13.1 Å². The molecule has 0 heterocycles. The Morgan fingerprint density at radius 1 is 1.54 bits per heavy atom. The molecule has 0 aromatic heterocycles. The molecule has 0 bridgehead atoms. The van der Waals surface area contributed by atoms with E-state index in [1.54, 1.807) is 0 Å². The lowest BCUT2D eigenvalue weighted by Gasteiger charge is -2.18. The predicted octanol–water partition coefficient (Wildman–Crippen LogP) is 0.473. The second-order valence-corrected chi connectivity index (χ2v) is 4.41. The molecule has 1 rings (SSSR count). The maximum absolute atomic E-state index is 11.5. The van der Waals surface area contributed by atoms with Gasteiger partial charge in [-0.3, -0.25) is 0 Å². The fourth-order valence-corrected chi connectivity index (χ4v) is 2.18. The third kappa shape index (κ3) is 3.95. The van der Waals surface area contributed by atoms with Gasteiger partial charge in [-0.15, -0.1) is 4.72 Å². The van der Waals surface area contributed by atoms with Crippen LogP contribution in [0.25, 0.3) is 0 Å². The SMILES string of the molecule is NCCCN[S+]([O-])C1C=CC=CC1. The minimum atomic E-state index is -0.952. The first-order valence-corrected chi connectivity index (χ1v) is 5.73. The Morgan fingerprint density at radius 2 is 2.38 bits per heavy atom. The molecule has 3 nitrogen and oxygen atoms in total. The molecule has 0 fully saturated rings. The zero-order valence-corrected chi connectivity index (χ0v) is 8.43. The first-order chi connectivity index (χ1) is 6.34. The van der Waals surface area contributed by atoms with Gasteiger partial charge < -0.3 is 10.3 Å². The van der Waals surface area contributed by atoms with Crippen molar-refractivity contribution in [2.45, 2.75) is 18.1 Å². The Balaban J connectivity index is 2.19. The molecular weight excluding hydrogens is 184 g/mol. The molecule has 1 aliphatic carbocycles. The number of nitrogens with two attached hydrogens (primary N) is 1. The Bertz CT molecular complexity index is 194. The van der Waals surface area contributed by atoms with Gasteiger partial charge in [0.05, 0.1) is 0 Å². The highest BCUT2D eigenvalue weighted by atomic mass is 32.2. The molecule has 0 saturated heterocycles. The average Bonchev–Trinajstić information content (AvgIpc) is 2.19. The average molecular weight is 200 g/mol. The van der Waals surface area contributed by atoms with Gasteiger partial charge in [0.25, 0.3) is 0 Å². The first kappa shape index (κ1) is 10.8. The molecule has 0 aromatic carbocycles. The van der Waals surface area contributed by atoms with Crippen LogP contribution in [-0.2, 0) is 11.4 Å². The maximum atomic E-state index is 11.5. The van der Waals surface area contributed by atoms with Crippen molar-refractivity contribution in [1.29, 1.82) is 0 Å². The van der Waals surface area contributed by atoms with Gasteiger partial charge in [-0.05, 0) is 19.0 Å². The second kappa shape index (κ2) is 6.21. The normalized spacial score (nSPS) is 23.4. The molecule has 2 atom stereocenters. The molecule has 3 N–H and O–H groups in total. The Kier molecular flexibility index (Phi) is 5.15. The molecule has 2 unspecified atom stereocenters. The van der Waals surface area contributed by atoms with Gasteiger partial charge in [-0.1, -0.05) is 18.2 Å². The van der Waals surface area contributed by atoms with Crippen LogP contribution in [-0.4, -0.2) is 22.9 Å². The van der Waals surface area contributed by atoms with E-state index in [9.17, 15) is 4.55 Å². The highest BCUT2D eigenvalue weighted by Crippen LogP contribution is 2.11. The van der Waals surface area contributed by atoms with Crippen LogP contribution in [0.4, 0.5) is 0 Å². The highest BCUT2D eigenvalue weighted by Gasteiger charge is 2.18. The van der Waals surface area contributed by atoms with Crippen LogP contribution in [0, 0.1) is 0 Å². The van der Waals surface area contributed by atoms with Crippen molar-refractivity contribution >= 4 is 11.4 Å². The quantitative estimate of drug-likeness (QED) is 0.501. The van der Waals surface area contributed by atoms with Crippen LogP contribution in [0.5, 0.6) is 0 Å². The minimum absolute atomic E-state index is 0.128. The van der Waals surface area contributed by atoms with E-state index in [1.807, 2.05) is 24.3 Å². The van der Waals surface area contributed by atoms with Crippen molar-refractivity contribution in [1.82, 2.24) is 4.72 Å². The number of allylic oxidation sites excluding steroid dienone is 3. The van der Waals surface area contributed by atoms with Gasteiger partial charge in [-0.25, -0.2) is 0 Å². The summed E-state index contributed by atoms with van der Waals surface area (Å²) in [6, 6.07) is 0. The molecule has 0 saturated carbocycles. The Morgan fingerprint density at radius 3 is 3.00 bits per heavy atom. The molecular formula is C9H16N2OS. The first-order valence-electron chi connectivity index (χ1n) is 4.52. The molecule has 4 heteroatoms. The van der Waals surface area contributed by atoms with E-state index in [0.717, 1.165) is 19.4 Å². The molecule has 13 heavy (non-hydrogen) atoms. The molecule has 0 aromatic rings. The van der Waals surface area contributed by atoms with E-state index in [4.69, 9.17) is 5.73 Å². The van der Waals surface area contributed by atoms with Gasteiger partial charge in [0.1, 0.15) is 0 Å². The Labute approximate surface area is 82.4 Å². The highest BCUT2D eigenvalue weighted by molar-refractivity contribution is 7.90. The van der Waals surface area contributed by atoms with Crippen LogP contribution < -0.4 is 10.5 Å². The van der Waals surface area contributed by atoms with Crippen molar-refractivity contribution < 1.29 is 4.55 Å².